The molecule has 3 nitrogen and oxygen atoms in total. The summed E-state index contributed by atoms with van der Waals surface area (Å²) >= 11 is 0. The van der Waals surface area contributed by atoms with Crippen molar-refractivity contribution in [2.45, 2.75) is 91.0 Å². The average molecular weight is 289 g/mol. The van der Waals surface area contributed by atoms with Gasteiger partial charge in [0.05, 0.1) is 4.75 Å². The largest absolute Gasteiger partial charge is 0.219 e. The summed E-state index contributed by atoms with van der Waals surface area (Å²) < 4.78 is 26.9. The van der Waals surface area contributed by atoms with Crippen LogP contribution in [0.25, 0.3) is 0 Å². The third-order valence-electron chi connectivity index (χ3n) is 3.47. The maximum Gasteiger partial charge on any atom is 0.219 e. The number of sulfonamides is 1. The van der Waals surface area contributed by atoms with E-state index in [9.17, 15) is 8.42 Å². The van der Waals surface area contributed by atoms with Crippen molar-refractivity contribution >= 4 is 10.0 Å². The van der Waals surface area contributed by atoms with Crippen molar-refractivity contribution in [3.8, 4) is 0 Å². The van der Waals surface area contributed by atoms with Crippen molar-refractivity contribution in [3.05, 3.63) is 0 Å². The van der Waals surface area contributed by atoms with Crippen LogP contribution in [0.2, 0.25) is 0 Å². The van der Waals surface area contributed by atoms with Gasteiger partial charge in [0.1, 0.15) is 0 Å². The number of nitrogens with zero attached hydrogens (tertiary/aromatic N) is 1. The van der Waals surface area contributed by atoms with E-state index in [1.165, 1.54) is 0 Å². The van der Waals surface area contributed by atoms with Gasteiger partial charge < -0.3 is 0 Å². The van der Waals surface area contributed by atoms with Crippen molar-refractivity contribution in [3.63, 3.8) is 0 Å². The predicted octanol–water partition coefficient (Wildman–Crippen LogP) is 3.79. The molecule has 1 aliphatic carbocycles. The first-order valence-electron chi connectivity index (χ1n) is 7.23. The average Bonchev–Trinajstić information content (AvgIpc) is 2.78. The molecule has 1 rings (SSSR count). The van der Waals surface area contributed by atoms with Crippen LogP contribution in [0.4, 0.5) is 0 Å². The molecule has 0 heterocycles. The van der Waals surface area contributed by atoms with E-state index >= 15 is 0 Å². The standard InChI is InChI=1S/C15H31NO2S/c1-13(2,3)11-15(7,8)16(12-9-10-12)19(17,18)14(4,5)6/h12H,9-11H2,1-8H3. The first-order valence-corrected chi connectivity index (χ1v) is 8.67. The van der Waals surface area contributed by atoms with E-state index in [1.54, 1.807) is 20.8 Å². The van der Waals surface area contributed by atoms with Gasteiger partial charge in [0, 0.05) is 11.6 Å². The molecular weight excluding hydrogens is 258 g/mol. The Bertz CT molecular complexity index is 420. The molecule has 0 unspecified atom stereocenters. The van der Waals surface area contributed by atoms with Crippen molar-refractivity contribution in [1.29, 1.82) is 0 Å². The number of hydrogen-bond donors (Lipinski definition) is 0. The lowest BCUT2D eigenvalue weighted by molar-refractivity contribution is 0.146. The van der Waals surface area contributed by atoms with Gasteiger partial charge in [-0.1, -0.05) is 20.8 Å². The molecule has 0 bridgehead atoms. The molecule has 114 valence electrons. The van der Waals surface area contributed by atoms with Crippen LogP contribution in [0.5, 0.6) is 0 Å². The third kappa shape index (κ3) is 3.94. The highest BCUT2D eigenvalue weighted by Crippen LogP contribution is 2.43. The van der Waals surface area contributed by atoms with E-state index in [-0.39, 0.29) is 17.0 Å². The summed E-state index contributed by atoms with van der Waals surface area (Å²) in [5, 5.41) is 0. The minimum Gasteiger partial charge on any atom is -0.212 e. The van der Waals surface area contributed by atoms with E-state index < -0.39 is 14.8 Å². The molecule has 0 saturated heterocycles. The first-order chi connectivity index (χ1) is 8.18. The van der Waals surface area contributed by atoms with Gasteiger partial charge >= 0.3 is 0 Å². The van der Waals surface area contributed by atoms with E-state index in [1.807, 2.05) is 4.31 Å². The Hall–Kier alpha value is -0.0900. The van der Waals surface area contributed by atoms with E-state index in [2.05, 4.69) is 34.6 Å². The Kier molecular flexibility index (Phi) is 4.22. The van der Waals surface area contributed by atoms with E-state index in [0.717, 1.165) is 19.3 Å². The Morgan fingerprint density at radius 3 is 1.63 bits per heavy atom. The molecule has 1 aliphatic rings. The predicted molar refractivity (Wildman–Crippen MR) is 81.7 cm³/mol. The lowest BCUT2D eigenvalue weighted by Gasteiger charge is -2.44. The van der Waals surface area contributed by atoms with Gasteiger partial charge in [-0.25, -0.2) is 8.42 Å². The molecule has 0 radical (unpaired) electrons. The van der Waals surface area contributed by atoms with Crippen LogP contribution in [0.3, 0.4) is 0 Å². The van der Waals surface area contributed by atoms with Crippen LogP contribution in [0.15, 0.2) is 0 Å². The zero-order chi connectivity index (χ0) is 15.3. The summed E-state index contributed by atoms with van der Waals surface area (Å²) in [5.74, 6) is 0. The first kappa shape index (κ1) is 17.0. The summed E-state index contributed by atoms with van der Waals surface area (Å²) in [6.45, 7) is 16.0. The second-order valence-electron chi connectivity index (χ2n) is 8.69. The van der Waals surface area contributed by atoms with Crippen LogP contribution in [-0.2, 0) is 10.0 Å². The van der Waals surface area contributed by atoms with Crippen molar-refractivity contribution < 1.29 is 8.42 Å². The summed E-state index contributed by atoms with van der Waals surface area (Å²) in [6.07, 6.45) is 2.87. The minimum atomic E-state index is -3.27. The molecule has 1 saturated carbocycles. The van der Waals surface area contributed by atoms with Gasteiger partial charge in [-0.3, -0.25) is 0 Å². The third-order valence-corrected chi connectivity index (χ3v) is 6.33. The van der Waals surface area contributed by atoms with Crippen LogP contribution < -0.4 is 0 Å². The summed E-state index contributed by atoms with van der Waals surface area (Å²) in [4.78, 5) is 0. The molecule has 0 aromatic heterocycles. The number of rotatable bonds is 4. The van der Waals surface area contributed by atoms with Gasteiger partial charge in [0.2, 0.25) is 10.0 Å². The highest BCUT2D eigenvalue weighted by atomic mass is 32.2. The Balaban J connectivity index is 3.16. The number of hydrogen-bond acceptors (Lipinski definition) is 2. The van der Waals surface area contributed by atoms with Crippen molar-refractivity contribution in [2.24, 2.45) is 5.41 Å². The van der Waals surface area contributed by atoms with Gasteiger partial charge in [0.25, 0.3) is 0 Å². The Morgan fingerprint density at radius 1 is 0.947 bits per heavy atom. The van der Waals surface area contributed by atoms with E-state index in [0.29, 0.717) is 0 Å². The lowest BCUT2D eigenvalue weighted by Crippen LogP contribution is -2.55. The summed E-state index contributed by atoms with van der Waals surface area (Å²) in [6, 6.07) is 0.210. The smallest absolute Gasteiger partial charge is 0.212 e. The minimum absolute atomic E-state index is 0.115. The van der Waals surface area contributed by atoms with Crippen molar-refractivity contribution in [1.82, 2.24) is 4.31 Å². The molecule has 0 aromatic rings. The van der Waals surface area contributed by atoms with Crippen LogP contribution in [0, 0.1) is 5.41 Å². The molecule has 4 heteroatoms. The molecule has 0 N–H and O–H groups in total. The summed E-state index contributed by atoms with van der Waals surface area (Å²) in [5.41, 5.74) is -0.213. The quantitative estimate of drug-likeness (QED) is 0.789. The van der Waals surface area contributed by atoms with Crippen molar-refractivity contribution in [2.75, 3.05) is 0 Å². The topological polar surface area (TPSA) is 37.4 Å². The maximum absolute atomic E-state index is 12.9. The van der Waals surface area contributed by atoms with Gasteiger partial charge in [0.15, 0.2) is 0 Å². The van der Waals surface area contributed by atoms with Crippen LogP contribution >= 0.6 is 0 Å². The second-order valence-corrected chi connectivity index (χ2v) is 11.3. The molecule has 0 aromatic carbocycles. The molecule has 0 atom stereocenters. The monoisotopic (exact) mass is 289 g/mol. The molecular formula is C15H31NO2S. The highest BCUT2D eigenvalue weighted by molar-refractivity contribution is 7.90. The fourth-order valence-corrected chi connectivity index (χ4v) is 4.90. The molecule has 0 spiro atoms. The van der Waals surface area contributed by atoms with Gasteiger partial charge in [-0.05, 0) is 59.3 Å². The lowest BCUT2D eigenvalue weighted by atomic mass is 9.81. The SMILES string of the molecule is CC(C)(C)CC(C)(C)N(C1CC1)S(=O)(=O)C(C)(C)C. The fraction of sp³-hybridized carbons (Fsp3) is 1.00. The Morgan fingerprint density at radius 2 is 1.37 bits per heavy atom. The molecule has 0 amide bonds. The molecule has 0 aliphatic heterocycles. The normalized spacial score (nSPS) is 19.0. The highest BCUT2D eigenvalue weighted by Gasteiger charge is 2.50. The molecule has 19 heavy (non-hydrogen) atoms. The van der Waals surface area contributed by atoms with Gasteiger partial charge in [-0.15, -0.1) is 0 Å². The van der Waals surface area contributed by atoms with Crippen LogP contribution in [0.1, 0.15) is 74.7 Å². The van der Waals surface area contributed by atoms with E-state index in [4.69, 9.17) is 0 Å². The molecule has 1 fully saturated rings. The zero-order valence-electron chi connectivity index (χ0n) is 13.9. The maximum atomic E-state index is 12.9. The van der Waals surface area contributed by atoms with Crippen LogP contribution in [-0.4, -0.2) is 29.1 Å². The second kappa shape index (κ2) is 4.73. The van der Waals surface area contributed by atoms with Gasteiger partial charge in [-0.2, -0.15) is 4.31 Å². The zero-order valence-corrected chi connectivity index (χ0v) is 14.7. The summed E-state index contributed by atoms with van der Waals surface area (Å²) in [7, 11) is -3.27. The Labute approximate surface area is 119 Å². The fourth-order valence-electron chi connectivity index (χ4n) is 3.00.